The molecule has 0 aromatic rings. The van der Waals surface area contributed by atoms with Crippen molar-refractivity contribution in [2.24, 2.45) is 0 Å². The summed E-state index contributed by atoms with van der Waals surface area (Å²) < 4.78 is 36.0. The van der Waals surface area contributed by atoms with Crippen LogP contribution in [0.1, 0.15) is 32.6 Å². The third-order valence-electron chi connectivity index (χ3n) is 2.96. The highest BCUT2D eigenvalue weighted by Gasteiger charge is 2.29. The summed E-state index contributed by atoms with van der Waals surface area (Å²) in [7, 11) is 0. The van der Waals surface area contributed by atoms with Gasteiger partial charge in [0.1, 0.15) is 0 Å². The summed E-state index contributed by atoms with van der Waals surface area (Å²) in [4.78, 5) is 13.1. The highest BCUT2D eigenvalue weighted by molar-refractivity contribution is 5.76. The van der Waals surface area contributed by atoms with Gasteiger partial charge in [-0.1, -0.05) is 0 Å². The zero-order valence-electron chi connectivity index (χ0n) is 10.0. The van der Waals surface area contributed by atoms with E-state index in [9.17, 15) is 18.0 Å². The van der Waals surface area contributed by atoms with Gasteiger partial charge in [-0.05, 0) is 26.3 Å². The molecule has 1 atom stereocenters. The first-order valence-electron chi connectivity index (χ1n) is 6.00. The first kappa shape index (κ1) is 14.3. The molecule has 1 N–H and O–H groups in total. The largest absolute Gasteiger partial charge is 0.389 e. The summed E-state index contributed by atoms with van der Waals surface area (Å²) in [5, 5.41) is 3.23. The molecule has 0 radical (unpaired) electrons. The molecule has 17 heavy (non-hydrogen) atoms. The predicted molar refractivity (Wildman–Crippen MR) is 58.6 cm³/mol. The molecule has 1 fully saturated rings. The molecule has 6 heteroatoms. The van der Waals surface area contributed by atoms with Crippen LogP contribution < -0.4 is 5.32 Å². The van der Waals surface area contributed by atoms with Gasteiger partial charge in [-0.2, -0.15) is 13.2 Å². The molecular weight excluding hydrogens is 233 g/mol. The Hall–Kier alpha value is -0.780. The predicted octanol–water partition coefficient (Wildman–Crippen LogP) is 1.93. The smallest absolute Gasteiger partial charge is 0.341 e. The Balaban J connectivity index is 2.35. The van der Waals surface area contributed by atoms with E-state index < -0.39 is 24.9 Å². The Morgan fingerprint density at radius 1 is 1.47 bits per heavy atom. The molecule has 1 saturated heterocycles. The van der Waals surface area contributed by atoms with Crippen LogP contribution in [0.5, 0.6) is 0 Å². The average Bonchev–Trinajstić information content (AvgIpc) is 2.74. The molecular formula is C11H19F3N2O. The van der Waals surface area contributed by atoms with Crippen LogP contribution in [0.15, 0.2) is 0 Å². The number of hydrogen-bond donors (Lipinski definition) is 1. The lowest BCUT2D eigenvalue weighted by Gasteiger charge is -2.24. The van der Waals surface area contributed by atoms with Crippen molar-refractivity contribution >= 4 is 5.91 Å². The minimum absolute atomic E-state index is 0.241. The van der Waals surface area contributed by atoms with Crippen molar-refractivity contribution in [3.05, 3.63) is 0 Å². The normalized spacial score (nSPS) is 20.6. The number of halogens is 3. The van der Waals surface area contributed by atoms with E-state index >= 15 is 0 Å². The van der Waals surface area contributed by atoms with E-state index in [1.165, 1.54) is 4.90 Å². The molecule has 3 nitrogen and oxygen atoms in total. The first-order chi connectivity index (χ1) is 7.92. The topological polar surface area (TPSA) is 32.3 Å². The molecule has 0 bridgehead atoms. The minimum atomic E-state index is -4.25. The Morgan fingerprint density at radius 2 is 2.18 bits per heavy atom. The summed E-state index contributed by atoms with van der Waals surface area (Å²) in [5.41, 5.74) is 0. The molecule has 1 unspecified atom stereocenters. The van der Waals surface area contributed by atoms with Gasteiger partial charge in [0.2, 0.25) is 5.91 Å². The molecule has 1 aliphatic heterocycles. The average molecular weight is 252 g/mol. The lowest BCUT2D eigenvalue weighted by Crippen LogP contribution is -2.41. The minimum Gasteiger partial charge on any atom is -0.341 e. The molecule has 0 aromatic heterocycles. The summed E-state index contributed by atoms with van der Waals surface area (Å²) in [5.74, 6) is -0.404. The van der Waals surface area contributed by atoms with E-state index in [1.807, 2.05) is 0 Å². The van der Waals surface area contributed by atoms with Gasteiger partial charge in [-0.25, -0.2) is 0 Å². The third-order valence-corrected chi connectivity index (χ3v) is 2.96. The Morgan fingerprint density at radius 3 is 2.65 bits per heavy atom. The number of amides is 1. The van der Waals surface area contributed by atoms with E-state index in [1.54, 1.807) is 6.92 Å². The summed E-state index contributed by atoms with van der Waals surface area (Å²) in [6.45, 7) is 3.71. The lowest BCUT2D eigenvalue weighted by atomic mass is 10.2. The maximum atomic E-state index is 12.0. The van der Waals surface area contributed by atoms with Gasteiger partial charge in [-0.15, -0.1) is 0 Å². The fourth-order valence-corrected chi connectivity index (χ4v) is 1.99. The van der Waals surface area contributed by atoms with Crippen LogP contribution in [-0.2, 0) is 4.79 Å². The van der Waals surface area contributed by atoms with E-state index in [-0.39, 0.29) is 6.04 Å². The highest BCUT2D eigenvalue weighted by Crippen LogP contribution is 2.22. The van der Waals surface area contributed by atoms with Gasteiger partial charge in [0.25, 0.3) is 0 Å². The number of rotatable bonds is 5. The van der Waals surface area contributed by atoms with Crippen LogP contribution in [0.25, 0.3) is 0 Å². The molecule has 0 saturated carbocycles. The van der Waals surface area contributed by atoms with Gasteiger partial charge < -0.3 is 10.2 Å². The summed E-state index contributed by atoms with van der Waals surface area (Å²) in [6.07, 6.45) is -3.66. The van der Waals surface area contributed by atoms with Crippen molar-refractivity contribution in [3.63, 3.8) is 0 Å². The zero-order valence-corrected chi connectivity index (χ0v) is 10.0. The maximum Gasteiger partial charge on any atom is 0.389 e. The molecule has 0 aliphatic carbocycles. The van der Waals surface area contributed by atoms with E-state index in [2.05, 4.69) is 5.32 Å². The van der Waals surface area contributed by atoms with Crippen molar-refractivity contribution < 1.29 is 18.0 Å². The van der Waals surface area contributed by atoms with Gasteiger partial charge in [0.15, 0.2) is 0 Å². The molecule has 1 amide bonds. The van der Waals surface area contributed by atoms with Crippen LogP contribution in [0.3, 0.4) is 0 Å². The molecule has 0 spiro atoms. The Bertz CT molecular complexity index is 250. The second-order valence-corrected chi connectivity index (χ2v) is 4.34. The van der Waals surface area contributed by atoms with Crippen LogP contribution in [0, 0.1) is 0 Å². The van der Waals surface area contributed by atoms with Crippen LogP contribution in [0.2, 0.25) is 0 Å². The fourth-order valence-electron chi connectivity index (χ4n) is 1.99. The maximum absolute atomic E-state index is 12.0. The number of hydrogen-bond acceptors (Lipinski definition) is 2. The van der Waals surface area contributed by atoms with E-state index in [0.29, 0.717) is 13.1 Å². The quantitative estimate of drug-likeness (QED) is 0.811. The molecule has 1 aliphatic rings. The lowest BCUT2D eigenvalue weighted by molar-refractivity contribution is -0.149. The van der Waals surface area contributed by atoms with Gasteiger partial charge in [-0.3, -0.25) is 4.79 Å². The zero-order chi connectivity index (χ0) is 12.9. The first-order valence-corrected chi connectivity index (χ1v) is 6.00. The van der Waals surface area contributed by atoms with Crippen LogP contribution in [0.4, 0.5) is 13.2 Å². The summed E-state index contributed by atoms with van der Waals surface area (Å²) in [6, 6.07) is 0.241. The number of likely N-dealkylation sites (N-methyl/N-ethyl adjacent to an activating group) is 1. The van der Waals surface area contributed by atoms with Crippen molar-refractivity contribution in [1.82, 2.24) is 10.2 Å². The fraction of sp³-hybridized carbons (Fsp3) is 0.909. The number of carbonyl (C=O) groups is 1. The van der Waals surface area contributed by atoms with Gasteiger partial charge >= 0.3 is 6.18 Å². The van der Waals surface area contributed by atoms with Crippen LogP contribution in [-0.4, -0.2) is 42.7 Å². The second-order valence-electron chi connectivity index (χ2n) is 4.34. The van der Waals surface area contributed by atoms with Crippen molar-refractivity contribution in [1.29, 1.82) is 0 Å². The summed E-state index contributed by atoms with van der Waals surface area (Å²) >= 11 is 0. The van der Waals surface area contributed by atoms with Gasteiger partial charge in [0.05, 0.1) is 6.42 Å². The van der Waals surface area contributed by atoms with Crippen LogP contribution >= 0.6 is 0 Å². The second kappa shape index (κ2) is 6.23. The number of nitrogens with one attached hydrogen (secondary N) is 1. The van der Waals surface area contributed by atoms with E-state index in [0.717, 1.165) is 19.4 Å². The van der Waals surface area contributed by atoms with Crippen molar-refractivity contribution in [2.75, 3.05) is 19.6 Å². The highest BCUT2D eigenvalue weighted by atomic mass is 19.4. The molecule has 1 heterocycles. The van der Waals surface area contributed by atoms with Crippen molar-refractivity contribution in [2.45, 2.75) is 44.8 Å². The number of carbonyl (C=O) groups excluding carboxylic acids is 1. The SMILES string of the molecule is CCN(CC1CCCN1)C(=O)CCC(F)(F)F. The standard InChI is InChI=1S/C11H19F3N2O/c1-2-16(8-9-4-3-7-15-9)10(17)5-6-11(12,13)14/h9,15H,2-8H2,1H3. The third kappa shape index (κ3) is 5.39. The Labute approximate surface area is 99.4 Å². The number of alkyl halides is 3. The molecule has 100 valence electrons. The Kier molecular flexibility index (Phi) is 5.24. The van der Waals surface area contributed by atoms with E-state index in [4.69, 9.17) is 0 Å². The molecule has 1 rings (SSSR count). The van der Waals surface area contributed by atoms with Crippen molar-refractivity contribution in [3.8, 4) is 0 Å². The number of nitrogens with zero attached hydrogens (tertiary/aromatic N) is 1. The monoisotopic (exact) mass is 252 g/mol. The van der Waals surface area contributed by atoms with Gasteiger partial charge in [0, 0.05) is 25.6 Å². The molecule has 0 aromatic carbocycles.